The smallest absolute Gasteiger partial charge is 0.152 e. The zero-order valence-corrected chi connectivity index (χ0v) is 9.25. The van der Waals surface area contributed by atoms with Gasteiger partial charge in [-0.05, 0) is 26.2 Å². The highest BCUT2D eigenvalue weighted by Crippen LogP contribution is 1.95. The molecule has 1 aromatic heterocycles. The lowest BCUT2D eigenvalue weighted by molar-refractivity contribution is -0.119. The van der Waals surface area contributed by atoms with Crippen LogP contribution in [-0.2, 0) is 11.2 Å². The molecule has 0 aliphatic rings. The SMILES string of the molecule is CN(C)CC(=O)Cc1ccccn1.Cl. The van der Waals surface area contributed by atoms with Crippen LogP contribution in [0.1, 0.15) is 5.69 Å². The molecule has 1 heterocycles. The first-order valence-electron chi connectivity index (χ1n) is 4.25. The summed E-state index contributed by atoms with van der Waals surface area (Å²) >= 11 is 0. The van der Waals surface area contributed by atoms with Gasteiger partial charge >= 0.3 is 0 Å². The largest absolute Gasteiger partial charge is 0.302 e. The van der Waals surface area contributed by atoms with E-state index in [0.29, 0.717) is 13.0 Å². The minimum atomic E-state index is 0. The lowest BCUT2D eigenvalue weighted by atomic mass is 10.2. The molecular formula is C10H15ClN2O. The number of carbonyl (C=O) groups excluding carboxylic acids is 1. The molecule has 0 unspecified atom stereocenters. The fourth-order valence-electron chi connectivity index (χ4n) is 1.11. The minimum absolute atomic E-state index is 0. The molecule has 0 atom stereocenters. The van der Waals surface area contributed by atoms with Gasteiger partial charge in [0.15, 0.2) is 5.78 Å². The Labute approximate surface area is 90.6 Å². The van der Waals surface area contributed by atoms with Gasteiger partial charge in [0.05, 0.1) is 13.0 Å². The number of hydrogen-bond acceptors (Lipinski definition) is 3. The van der Waals surface area contributed by atoms with Crippen molar-refractivity contribution in [2.45, 2.75) is 6.42 Å². The molecule has 4 heteroatoms. The Morgan fingerprint density at radius 2 is 2.14 bits per heavy atom. The first kappa shape index (κ1) is 13.1. The predicted octanol–water partition coefficient (Wildman–Crippen LogP) is 1.18. The number of pyridine rings is 1. The van der Waals surface area contributed by atoms with Crippen LogP contribution in [0, 0.1) is 0 Å². The Morgan fingerprint density at radius 1 is 1.43 bits per heavy atom. The first-order chi connectivity index (χ1) is 6.18. The van der Waals surface area contributed by atoms with Crippen LogP contribution in [0.2, 0.25) is 0 Å². The highest BCUT2D eigenvalue weighted by Gasteiger charge is 2.04. The summed E-state index contributed by atoms with van der Waals surface area (Å²) in [6.45, 7) is 0.483. The van der Waals surface area contributed by atoms with Crippen molar-refractivity contribution >= 4 is 18.2 Å². The van der Waals surface area contributed by atoms with Crippen molar-refractivity contribution in [2.75, 3.05) is 20.6 Å². The van der Waals surface area contributed by atoms with Crippen molar-refractivity contribution in [3.63, 3.8) is 0 Å². The van der Waals surface area contributed by atoms with Gasteiger partial charge in [0, 0.05) is 11.9 Å². The van der Waals surface area contributed by atoms with Gasteiger partial charge < -0.3 is 4.90 Å². The number of nitrogens with zero attached hydrogens (tertiary/aromatic N) is 2. The molecule has 3 nitrogen and oxygen atoms in total. The number of hydrogen-bond donors (Lipinski definition) is 0. The maximum atomic E-state index is 11.3. The summed E-state index contributed by atoms with van der Waals surface area (Å²) in [5, 5.41) is 0. The van der Waals surface area contributed by atoms with E-state index in [1.807, 2.05) is 37.2 Å². The van der Waals surface area contributed by atoms with Gasteiger partial charge in [-0.3, -0.25) is 9.78 Å². The Balaban J connectivity index is 0.00000169. The molecule has 0 aliphatic carbocycles. The molecule has 78 valence electrons. The maximum Gasteiger partial charge on any atom is 0.152 e. The van der Waals surface area contributed by atoms with E-state index in [4.69, 9.17) is 0 Å². The van der Waals surface area contributed by atoms with Crippen LogP contribution >= 0.6 is 12.4 Å². The van der Waals surface area contributed by atoms with Crippen LogP contribution in [0.15, 0.2) is 24.4 Å². The second kappa shape index (κ2) is 6.51. The van der Waals surface area contributed by atoms with Gasteiger partial charge in [0.2, 0.25) is 0 Å². The van der Waals surface area contributed by atoms with E-state index in [1.54, 1.807) is 6.20 Å². The number of aromatic nitrogens is 1. The minimum Gasteiger partial charge on any atom is -0.302 e. The van der Waals surface area contributed by atoms with Crippen molar-refractivity contribution in [2.24, 2.45) is 0 Å². The molecule has 0 spiro atoms. The summed E-state index contributed by atoms with van der Waals surface area (Å²) in [6, 6.07) is 5.61. The molecule has 0 aromatic carbocycles. The predicted molar refractivity (Wildman–Crippen MR) is 58.8 cm³/mol. The summed E-state index contributed by atoms with van der Waals surface area (Å²) < 4.78 is 0. The van der Waals surface area contributed by atoms with E-state index in [9.17, 15) is 4.79 Å². The van der Waals surface area contributed by atoms with Gasteiger partial charge in [-0.2, -0.15) is 0 Å². The number of Topliss-reactive ketones (excluding diaryl/α,β-unsaturated/α-hetero) is 1. The van der Waals surface area contributed by atoms with Crippen LogP contribution in [0.4, 0.5) is 0 Å². The van der Waals surface area contributed by atoms with Gasteiger partial charge in [-0.15, -0.1) is 12.4 Å². The van der Waals surface area contributed by atoms with Crippen molar-refractivity contribution < 1.29 is 4.79 Å². The second-order valence-electron chi connectivity index (χ2n) is 3.27. The number of likely N-dealkylation sites (N-methyl/N-ethyl adjacent to an activating group) is 1. The molecule has 1 aromatic rings. The highest BCUT2D eigenvalue weighted by atomic mass is 35.5. The maximum absolute atomic E-state index is 11.3. The molecule has 0 aliphatic heterocycles. The topological polar surface area (TPSA) is 33.2 Å². The Bertz CT molecular complexity index is 275. The number of rotatable bonds is 4. The van der Waals surface area contributed by atoms with Crippen LogP contribution in [0.5, 0.6) is 0 Å². The molecule has 14 heavy (non-hydrogen) atoms. The molecule has 0 fully saturated rings. The van der Waals surface area contributed by atoms with E-state index in [-0.39, 0.29) is 18.2 Å². The van der Waals surface area contributed by atoms with Crippen LogP contribution in [-0.4, -0.2) is 36.3 Å². The third kappa shape index (κ3) is 4.94. The Hall–Kier alpha value is -0.930. The van der Waals surface area contributed by atoms with Crippen molar-refractivity contribution in [1.29, 1.82) is 0 Å². The quantitative estimate of drug-likeness (QED) is 0.755. The summed E-state index contributed by atoms with van der Waals surface area (Å²) in [4.78, 5) is 17.3. The van der Waals surface area contributed by atoms with Crippen LogP contribution < -0.4 is 0 Å². The average molecular weight is 215 g/mol. The summed E-state index contributed by atoms with van der Waals surface area (Å²) in [5.74, 6) is 0.198. The number of halogens is 1. The van der Waals surface area contributed by atoms with Crippen LogP contribution in [0.3, 0.4) is 0 Å². The fourth-order valence-corrected chi connectivity index (χ4v) is 1.11. The lowest BCUT2D eigenvalue weighted by Crippen LogP contribution is -2.23. The second-order valence-corrected chi connectivity index (χ2v) is 3.27. The van der Waals surface area contributed by atoms with Gasteiger partial charge in [-0.25, -0.2) is 0 Å². The summed E-state index contributed by atoms with van der Waals surface area (Å²) in [7, 11) is 3.77. The first-order valence-corrected chi connectivity index (χ1v) is 4.25. The summed E-state index contributed by atoms with van der Waals surface area (Å²) in [5.41, 5.74) is 0.842. The van der Waals surface area contributed by atoms with Gasteiger partial charge in [0.1, 0.15) is 0 Å². The van der Waals surface area contributed by atoms with E-state index in [2.05, 4.69) is 4.98 Å². The molecule has 0 bridgehead atoms. The number of carbonyl (C=O) groups is 1. The van der Waals surface area contributed by atoms with E-state index >= 15 is 0 Å². The zero-order chi connectivity index (χ0) is 9.68. The average Bonchev–Trinajstić information content (AvgIpc) is 2.04. The van der Waals surface area contributed by atoms with Crippen molar-refractivity contribution in [1.82, 2.24) is 9.88 Å². The van der Waals surface area contributed by atoms with Crippen LogP contribution in [0.25, 0.3) is 0 Å². The molecule has 1 rings (SSSR count). The standard InChI is InChI=1S/C10H14N2O.ClH/c1-12(2)8-10(13)7-9-5-3-4-6-11-9;/h3-6H,7-8H2,1-2H3;1H. The van der Waals surface area contributed by atoms with Gasteiger partial charge in [-0.1, -0.05) is 6.07 Å². The van der Waals surface area contributed by atoms with Crippen molar-refractivity contribution in [3.8, 4) is 0 Å². The molecular weight excluding hydrogens is 200 g/mol. The third-order valence-electron chi connectivity index (χ3n) is 1.60. The molecule has 0 radical (unpaired) electrons. The highest BCUT2D eigenvalue weighted by molar-refractivity contribution is 5.85. The van der Waals surface area contributed by atoms with E-state index in [1.165, 1.54) is 0 Å². The summed E-state index contributed by atoms with van der Waals surface area (Å²) in [6.07, 6.45) is 2.14. The van der Waals surface area contributed by atoms with Gasteiger partial charge in [0.25, 0.3) is 0 Å². The Morgan fingerprint density at radius 3 is 2.64 bits per heavy atom. The number of ketones is 1. The molecule has 0 saturated heterocycles. The van der Waals surface area contributed by atoms with E-state index in [0.717, 1.165) is 5.69 Å². The van der Waals surface area contributed by atoms with Crippen molar-refractivity contribution in [3.05, 3.63) is 30.1 Å². The normalized spacial score (nSPS) is 9.64. The lowest BCUT2D eigenvalue weighted by Gasteiger charge is -2.07. The van der Waals surface area contributed by atoms with E-state index < -0.39 is 0 Å². The fraction of sp³-hybridized carbons (Fsp3) is 0.400. The zero-order valence-electron chi connectivity index (χ0n) is 8.43. The molecule has 0 saturated carbocycles. The third-order valence-corrected chi connectivity index (χ3v) is 1.60. The molecule has 0 N–H and O–H groups in total. The molecule has 0 amide bonds. The monoisotopic (exact) mass is 214 g/mol. The Kier molecular flexibility index (Phi) is 6.08.